The van der Waals surface area contributed by atoms with Gasteiger partial charge in [0, 0.05) is 32.7 Å². The zero-order valence-electron chi connectivity index (χ0n) is 18.1. The van der Waals surface area contributed by atoms with E-state index in [0.717, 1.165) is 62.6 Å². The first-order valence-corrected chi connectivity index (χ1v) is 10.8. The largest absolute Gasteiger partial charge is 0.497 e. The molecule has 2 aromatic rings. The number of carbonyl (C=O) groups excluding carboxylic acids is 1. The molecule has 1 N–H and O–H groups in total. The molecule has 162 valence electrons. The zero-order chi connectivity index (χ0) is 21.2. The summed E-state index contributed by atoms with van der Waals surface area (Å²) in [6.07, 6.45) is 0.967. The molecule has 1 heterocycles. The Labute approximate surface area is 179 Å². The topological polar surface area (TPSA) is 54.0 Å². The number of nitrogens with one attached hydrogen (secondary N) is 1. The number of ether oxygens (including phenoxy) is 2. The second-order valence-corrected chi connectivity index (χ2v) is 7.52. The number of rotatable bonds is 10. The third-order valence-corrected chi connectivity index (χ3v) is 5.53. The van der Waals surface area contributed by atoms with Crippen LogP contribution in [0.4, 0.5) is 0 Å². The van der Waals surface area contributed by atoms with Gasteiger partial charge in [-0.3, -0.25) is 4.79 Å². The first-order chi connectivity index (χ1) is 14.7. The fraction of sp³-hybridized carbons (Fsp3) is 0.458. The van der Waals surface area contributed by atoms with Gasteiger partial charge in [-0.1, -0.05) is 31.2 Å². The van der Waals surface area contributed by atoms with Gasteiger partial charge in [-0.05, 0) is 54.9 Å². The van der Waals surface area contributed by atoms with Gasteiger partial charge in [0.15, 0.2) is 6.61 Å². The number of benzene rings is 2. The lowest BCUT2D eigenvalue weighted by molar-refractivity contribution is -0.123. The van der Waals surface area contributed by atoms with E-state index in [1.165, 1.54) is 0 Å². The Morgan fingerprint density at radius 1 is 0.900 bits per heavy atom. The fourth-order valence-electron chi connectivity index (χ4n) is 3.59. The van der Waals surface area contributed by atoms with E-state index in [4.69, 9.17) is 9.47 Å². The van der Waals surface area contributed by atoms with E-state index in [2.05, 4.69) is 22.0 Å². The summed E-state index contributed by atoms with van der Waals surface area (Å²) in [5.74, 6) is 1.45. The Balaban J connectivity index is 1.32. The highest BCUT2D eigenvalue weighted by atomic mass is 16.5. The lowest BCUT2D eigenvalue weighted by Gasteiger charge is -2.33. The molecule has 0 radical (unpaired) electrons. The Hall–Kier alpha value is -2.57. The van der Waals surface area contributed by atoms with Crippen molar-refractivity contribution in [2.24, 2.45) is 0 Å². The summed E-state index contributed by atoms with van der Waals surface area (Å²) in [5, 5.41) is 2.95. The molecule has 1 aliphatic heterocycles. The molecular weight excluding hydrogens is 378 g/mol. The van der Waals surface area contributed by atoms with Crippen molar-refractivity contribution in [1.29, 1.82) is 0 Å². The third kappa shape index (κ3) is 6.75. The summed E-state index contributed by atoms with van der Waals surface area (Å²) in [5.41, 5.74) is 2.20. The number of hydrogen-bond donors (Lipinski definition) is 1. The van der Waals surface area contributed by atoms with Gasteiger partial charge >= 0.3 is 0 Å². The second kappa shape index (κ2) is 11.6. The number of carbonyl (C=O) groups is 1. The summed E-state index contributed by atoms with van der Waals surface area (Å²) in [6, 6.07) is 15.7. The molecule has 0 bridgehead atoms. The van der Waals surface area contributed by atoms with Crippen LogP contribution in [0.2, 0.25) is 0 Å². The van der Waals surface area contributed by atoms with Crippen molar-refractivity contribution in [3.8, 4) is 22.6 Å². The minimum atomic E-state index is -0.0787. The van der Waals surface area contributed by atoms with Crippen LogP contribution in [0.25, 0.3) is 11.1 Å². The molecule has 0 saturated carbocycles. The molecule has 6 heteroatoms. The number of methoxy groups -OCH3 is 1. The molecule has 1 aliphatic rings. The summed E-state index contributed by atoms with van der Waals surface area (Å²) >= 11 is 0. The molecule has 30 heavy (non-hydrogen) atoms. The number of nitrogens with zero attached hydrogens (tertiary/aromatic N) is 2. The summed E-state index contributed by atoms with van der Waals surface area (Å²) in [4.78, 5) is 17.0. The highest BCUT2D eigenvalue weighted by molar-refractivity contribution is 5.77. The molecule has 3 rings (SSSR count). The standard InChI is InChI=1S/C24H33N3O3/c1-3-26-15-17-27(18-16-26)14-4-13-25-24(28)19-30-23-11-7-21(8-12-23)20-5-9-22(29-2)10-6-20/h5-12H,3-4,13-19H2,1-2H3,(H,25,28). The van der Waals surface area contributed by atoms with Crippen LogP contribution in [0, 0.1) is 0 Å². The maximum absolute atomic E-state index is 12.0. The monoisotopic (exact) mass is 411 g/mol. The van der Waals surface area contributed by atoms with Crippen LogP contribution in [0.5, 0.6) is 11.5 Å². The van der Waals surface area contributed by atoms with Crippen LogP contribution in [0.1, 0.15) is 13.3 Å². The van der Waals surface area contributed by atoms with Gasteiger partial charge in [0.1, 0.15) is 11.5 Å². The molecule has 0 aliphatic carbocycles. The molecule has 0 spiro atoms. The average Bonchev–Trinajstić information content (AvgIpc) is 2.81. The quantitative estimate of drug-likeness (QED) is 0.610. The highest BCUT2D eigenvalue weighted by Gasteiger charge is 2.14. The van der Waals surface area contributed by atoms with E-state index in [1.54, 1.807) is 7.11 Å². The van der Waals surface area contributed by atoms with Gasteiger partial charge in [-0.2, -0.15) is 0 Å². The van der Waals surface area contributed by atoms with Crippen molar-refractivity contribution in [1.82, 2.24) is 15.1 Å². The third-order valence-electron chi connectivity index (χ3n) is 5.53. The predicted molar refractivity (Wildman–Crippen MR) is 120 cm³/mol. The highest BCUT2D eigenvalue weighted by Crippen LogP contribution is 2.24. The van der Waals surface area contributed by atoms with Crippen LogP contribution in [0.3, 0.4) is 0 Å². The van der Waals surface area contributed by atoms with E-state index >= 15 is 0 Å². The molecule has 6 nitrogen and oxygen atoms in total. The second-order valence-electron chi connectivity index (χ2n) is 7.52. The van der Waals surface area contributed by atoms with Crippen molar-refractivity contribution >= 4 is 5.91 Å². The Kier molecular flexibility index (Phi) is 8.53. The minimum Gasteiger partial charge on any atom is -0.497 e. The lowest BCUT2D eigenvalue weighted by Crippen LogP contribution is -2.46. The molecule has 0 unspecified atom stereocenters. The van der Waals surface area contributed by atoms with Crippen molar-refractivity contribution in [3.05, 3.63) is 48.5 Å². The maximum atomic E-state index is 12.0. The number of likely N-dealkylation sites (N-methyl/N-ethyl adjacent to an activating group) is 1. The van der Waals surface area contributed by atoms with Crippen molar-refractivity contribution in [2.75, 3.05) is 59.5 Å². The summed E-state index contributed by atoms with van der Waals surface area (Å²) in [7, 11) is 1.66. The first-order valence-electron chi connectivity index (χ1n) is 10.8. The molecular formula is C24H33N3O3. The number of amides is 1. The smallest absolute Gasteiger partial charge is 0.257 e. The van der Waals surface area contributed by atoms with Crippen LogP contribution >= 0.6 is 0 Å². The predicted octanol–water partition coefficient (Wildman–Crippen LogP) is 2.88. The van der Waals surface area contributed by atoms with Gasteiger partial charge in [0.05, 0.1) is 7.11 Å². The van der Waals surface area contributed by atoms with E-state index in [1.807, 2.05) is 48.5 Å². The number of piperazine rings is 1. The Morgan fingerprint density at radius 2 is 1.47 bits per heavy atom. The minimum absolute atomic E-state index is 0.0387. The summed E-state index contributed by atoms with van der Waals surface area (Å²) < 4.78 is 10.8. The van der Waals surface area contributed by atoms with Crippen LogP contribution in [-0.4, -0.2) is 75.2 Å². The van der Waals surface area contributed by atoms with Crippen LogP contribution < -0.4 is 14.8 Å². The Bertz CT molecular complexity index is 769. The van der Waals surface area contributed by atoms with Gasteiger partial charge in [-0.25, -0.2) is 0 Å². The first kappa shape index (κ1) is 22.1. The van der Waals surface area contributed by atoms with Crippen molar-refractivity contribution in [2.45, 2.75) is 13.3 Å². The van der Waals surface area contributed by atoms with Crippen molar-refractivity contribution in [3.63, 3.8) is 0 Å². The lowest BCUT2D eigenvalue weighted by atomic mass is 10.1. The van der Waals surface area contributed by atoms with E-state index in [9.17, 15) is 4.79 Å². The molecule has 0 aromatic heterocycles. The fourth-order valence-corrected chi connectivity index (χ4v) is 3.59. The number of hydrogen-bond acceptors (Lipinski definition) is 5. The van der Waals surface area contributed by atoms with Crippen LogP contribution in [-0.2, 0) is 4.79 Å². The molecule has 1 amide bonds. The van der Waals surface area contributed by atoms with Gasteiger partial charge in [0.25, 0.3) is 5.91 Å². The zero-order valence-corrected chi connectivity index (χ0v) is 18.1. The average molecular weight is 412 g/mol. The molecule has 0 atom stereocenters. The summed E-state index contributed by atoms with van der Waals surface area (Å²) in [6.45, 7) is 9.64. The van der Waals surface area contributed by atoms with E-state index in [-0.39, 0.29) is 12.5 Å². The molecule has 2 aromatic carbocycles. The van der Waals surface area contributed by atoms with Crippen LogP contribution in [0.15, 0.2) is 48.5 Å². The van der Waals surface area contributed by atoms with E-state index in [0.29, 0.717) is 12.3 Å². The Morgan fingerprint density at radius 3 is 2.03 bits per heavy atom. The maximum Gasteiger partial charge on any atom is 0.257 e. The normalized spacial score (nSPS) is 15.0. The van der Waals surface area contributed by atoms with Gasteiger partial charge < -0.3 is 24.6 Å². The van der Waals surface area contributed by atoms with E-state index < -0.39 is 0 Å². The molecule has 1 saturated heterocycles. The van der Waals surface area contributed by atoms with Gasteiger partial charge in [0.2, 0.25) is 0 Å². The van der Waals surface area contributed by atoms with Crippen molar-refractivity contribution < 1.29 is 14.3 Å². The molecule has 1 fully saturated rings. The SMILES string of the molecule is CCN1CCN(CCCNC(=O)COc2ccc(-c3ccc(OC)cc3)cc2)CC1. The van der Waals surface area contributed by atoms with Gasteiger partial charge in [-0.15, -0.1) is 0 Å².